The Morgan fingerprint density at radius 3 is 2.76 bits per heavy atom. The van der Waals surface area contributed by atoms with Crippen molar-refractivity contribution >= 4 is 0 Å². The second kappa shape index (κ2) is 6.72. The first-order chi connectivity index (χ1) is 8.33. The van der Waals surface area contributed by atoms with E-state index in [1.54, 1.807) is 0 Å². The zero-order valence-electron chi connectivity index (χ0n) is 11.2. The van der Waals surface area contributed by atoms with Crippen LogP contribution in [-0.4, -0.2) is 43.8 Å². The van der Waals surface area contributed by atoms with Gasteiger partial charge in [0.05, 0.1) is 6.10 Å². The van der Waals surface area contributed by atoms with E-state index in [9.17, 15) is 0 Å². The molecule has 0 aromatic rings. The summed E-state index contributed by atoms with van der Waals surface area (Å²) in [6.45, 7) is 7.49. The molecule has 17 heavy (non-hydrogen) atoms. The summed E-state index contributed by atoms with van der Waals surface area (Å²) in [5, 5.41) is 0. The Morgan fingerprint density at radius 1 is 1.18 bits per heavy atom. The third kappa shape index (κ3) is 3.67. The average molecular weight is 240 g/mol. The van der Waals surface area contributed by atoms with Gasteiger partial charge in [0.1, 0.15) is 0 Å². The first kappa shape index (κ1) is 13.3. The normalized spacial score (nSPS) is 35.3. The number of ether oxygens (including phenoxy) is 1. The number of hydrogen-bond donors (Lipinski definition) is 1. The molecule has 1 saturated heterocycles. The molecule has 1 aliphatic heterocycles. The van der Waals surface area contributed by atoms with Crippen LogP contribution in [0.15, 0.2) is 0 Å². The molecule has 3 nitrogen and oxygen atoms in total. The molecule has 0 radical (unpaired) electrons. The molecular formula is C14H28N2O. The van der Waals surface area contributed by atoms with Gasteiger partial charge >= 0.3 is 0 Å². The van der Waals surface area contributed by atoms with Crippen LogP contribution in [0.5, 0.6) is 0 Å². The van der Waals surface area contributed by atoms with Gasteiger partial charge in [-0.2, -0.15) is 0 Å². The molecule has 2 aliphatic rings. The molecule has 2 N–H and O–H groups in total. The van der Waals surface area contributed by atoms with E-state index in [2.05, 4.69) is 11.8 Å². The summed E-state index contributed by atoms with van der Waals surface area (Å²) < 4.78 is 5.76. The lowest BCUT2D eigenvalue weighted by Crippen LogP contribution is -2.43. The molecule has 3 atom stereocenters. The smallest absolute Gasteiger partial charge is 0.0702 e. The van der Waals surface area contributed by atoms with E-state index in [0.717, 1.165) is 31.5 Å². The number of nitrogens with two attached hydrogens (primary N) is 1. The van der Waals surface area contributed by atoms with Crippen molar-refractivity contribution in [1.29, 1.82) is 0 Å². The first-order valence-electron chi connectivity index (χ1n) is 7.37. The lowest BCUT2D eigenvalue weighted by atomic mass is 9.94. The molecule has 0 aromatic carbocycles. The Balaban J connectivity index is 1.77. The number of hydrogen-bond acceptors (Lipinski definition) is 3. The van der Waals surface area contributed by atoms with Crippen molar-refractivity contribution < 1.29 is 4.74 Å². The predicted molar refractivity (Wildman–Crippen MR) is 71.0 cm³/mol. The van der Waals surface area contributed by atoms with Crippen LogP contribution in [0.4, 0.5) is 0 Å². The average Bonchev–Trinajstić information content (AvgIpc) is 2.77. The largest absolute Gasteiger partial charge is 0.377 e. The SMILES string of the molecule is CCOC1CCCN(CC2CCCC2CN)C1. The van der Waals surface area contributed by atoms with Gasteiger partial charge in [0.15, 0.2) is 0 Å². The van der Waals surface area contributed by atoms with Crippen LogP contribution in [0.3, 0.4) is 0 Å². The highest BCUT2D eigenvalue weighted by Gasteiger charge is 2.29. The highest BCUT2D eigenvalue weighted by molar-refractivity contribution is 4.83. The minimum atomic E-state index is 0.478. The van der Waals surface area contributed by atoms with E-state index < -0.39 is 0 Å². The zero-order valence-corrected chi connectivity index (χ0v) is 11.2. The molecule has 0 aromatic heterocycles. The number of likely N-dealkylation sites (tertiary alicyclic amines) is 1. The van der Waals surface area contributed by atoms with Crippen LogP contribution in [0, 0.1) is 11.8 Å². The number of rotatable bonds is 5. The molecule has 1 aliphatic carbocycles. The van der Waals surface area contributed by atoms with E-state index in [1.165, 1.54) is 45.2 Å². The molecule has 2 rings (SSSR count). The Bertz CT molecular complexity index is 220. The Labute approximate surface area is 106 Å². The molecule has 3 unspecified atom stereocenters. The first-order valence-corrected chi connectivity index (χ1v) is 7.37. The van der Waals surface area contributed by atoms with Gasteiger partial charge in [0, 0.05) is 19.7 Å². The summed E-state index contributed by atoms with van der Waals surface area (Å²) in [5.41, 5.74) is 5.86. The van der Waals surface area contributed by atoms with Gasteiger partial charge in [-0.15, -0.1) is 0 Å². The number of piperidine rings is 1. The highest BCUT2D eigenvalue weighted by Crippen LogP contribution is 2.32. The van der Waals surface area contributed by atoms with Crippen molar-refractivity contribution in [3.05, 3.63) is 0 Å². The van der Waals surface area contributed by atoms with Gasteiger partial charge in [0.2, 0.25) is 0 Å². The molecule has 100 valence electrons. The summed E-state index contributed by atoms with van der Waals surface area (Å²) in [4.78, 5) is 2.61. The Hall–Kier alpha value is -0.120. The van der Waals surface area contributed by atoms with Crippen LogP contribution in [0.2, 0.25) is 0 Å². The zero-order chi connectivity index (χ0) is 12.1. The standard InChI is InChI=1S/C14H28N2O/c1-2-17-14-7-4-8-16(11-14)10-13-6-3-5-12(13)9-15/h12-14H,2-11,15H2,1H3. The van der Waals surface area contributed by atoms with Crippen LogP contribution >= 0.6 is 0 Å². The van der Waals surface area contributed by atoms with Crippen molar-refractivity contribution in [1.82, 2.24) is 4.90 Å². The van der Waals surface area contributed by atoms with Crippen LogP contribution < -0.4 is 5.73 Å². The summed E-state index contributed by atoms with van der Waals surface area (Å²) in [6, 6.07) is 0. The second-order valence-electron chi connectivity index (χ2n) is 5.67. The fraction of sp³-hybridized carbons (Fsp3) is 1.00. The van der Waals surface area contributed by atoms with E-state index >= 15 is 0 Å². The van der Waals surface area contributed by atoms with E-state index in [0.29, 0.717) is 6.10 Å². The molecule has 0 amide bonds. The van der Waals surface area contributed by atoms with Gasteiger partial charge in [-0.3, -0.25) is 0 Å². The second-order valence-corrected chi connectivity index (χ2v) is 5.67. The van der Waals surface area contributed by atoms with Crippen molar-refractivity contribution in [2.75, 3.05) is 32.8 Å². The quantitative estimate of drug-likeness (QED) is 0.797. The van der Waals surface area contributed by atoms with Crippen LogP contribution in [0.25, 0.3) is 0 Å². The van der Waals surface area contributed by atoms with Crippen molar-refractivity contribution in [2.45, 2.75) is 45.1 Å². The van der Waals surface area contributed by atoms with Gasteiger partial charge in [-0.1, -0.05) is 6.42 Å². The maximum atomic E-state index is 5.86. The summed E-state index contributed by atoms with van der Waals surface area (Å²) >= 11 is 0. The molecule has 1 heterocycles. The van der Waals surface area contributed by atoms with Gasteiger partial charge < -0.3 is 15.4 Å². The summed E-state index contributed by atoms with van der Waals surface area (Å²) in [7, 11) is 0. The minimum absolute atomic E-state index is 0.478. The van der Waals surface area contributed by atoms with Gasteiger partial charge in [-0.05, 0) is 57.5 Å². The molecule has 1 saturated carbocycles. The topological polar surface area (TPSA) is 38.5 Å². The number of nitrogens with zero attached hydrogens (tertiary/aromatic N) is 1. The van der Waals surface area contributed by atoms with Crippen LogP contribution in [-0.2, 0) is 4.74 Å². The van der Waals surface area contributed by atoms with Gasteiger partial charge in [-0.25, -0.2) is 0 Å². The van der Waals surface area contributed by atoms with Crippen molar-refractivity contribution in [3.63, 3.8) is 0 Å². The van der Waals surface area contributed by atoms with E-state index in [-0.39, 0.29) is 0 Å². The fourth-order valence-electron chi connectivity index (χ4n) is 3.55. The molecule has 0 spiro atoms. The lowest BCUT2D eigenvalue weighted by molar-refractivity contribution is 0.000391. The fourth-order valence-corrected chi connectivity index (χ4v) is 3.55. The van der Waals surface area contributed by atoms with Gasteiger partial charge in [0.25, 0.3) is 0 Å². The third-order valence-electron chi connectivity index (χ3n) is 4.48. The maximum absolute atomic E-state index is 5.86. The van der Waals surface area contributed by atoms with E-state index in [4.69, 9.17) is 10.5 Å². The van der Waals surface area contributed by atoms with E-state index in [1.807, 2.05) is 0 Å². The lowest BCUT2D eigenvalue weighted by Gasteiger charge is -2.35. The predicted octanol–water partition coefficient (Wildman–Crippen LogP) is 1.86. The third-order valence-corrected chi connectivity index (χ3v) is 4.48. The molecular weight excluding hydrogens is 212 g/mol. The highest BCUT2D eigenvalue weighted by atomic mass is 16.5. The molecule has 0 bridgehead atoms. The maximum Gasteiger partial charge on any atom is 0.0702 e. The minimum Gasteiger partial charge on any atom is -0.377 e. The van der Waals surface area contributed by atoms with Crippen LogP contribution in [0.1, 0.15) is 39.0 Å². The Morgan fingerprint density at radius 2 is 2.00 bits per heavy atom. The Kier molecular flexibility index (Phi) is 5.26. The molecule has 2 fully saturated rings. The summed E-state index contributed by atoms with van der Waals surface area (Å²) in [5.74, 6) is 1.63. The molecule has 3 heteroatoms. The summed E-state index contributed by atoms with van der Waals surface area (Å²) in [6.07, 6.45) is 7.14. The van der Waals surface area contributed by atoms with Crippen molar-refractivity contribution in [2.24, 2.45) is 17.6 Å². The monoisotopic (exact) mass is 240 g/mol. The van der Waals surface area contributed by atoms with Crippen molar-refractivity contribution in [3.8, 4) is 0 Å².